The molecular weight excluding hydrogens is 295 g/mol. The van der Waals surface area contributed by atoms with Crippen LogP contribution in [0.2, 0.25) is 0 Å². The van der Waals surface area contributed by atoms with Crippen LogP contribution in [0.5, 0.6) is 0 Å². The molecule has 0 fully saturated rings. The first kappa shape index (κ1) is 16.4. The highest BCUT2D eigenvalue weighted by Crippen LogP contribution is 2.30. The summed E-state index contributed by atoms with van der Waals surface area (Å²) >= 11 is 0. The maximum absolute atomic E-state index is 12.8. The van der Waals surface area contributed by atoms with Crippen molar-refractivity contribution in [2.24, 2.45) is 14.1 Å². The SMILES string of the molecule is Cc1nn(C)cc1NCc1cn(C)nc1C(F)(F)F.Cl. The van der Waals surface area contributed by atoms with E-state index in [1.807, 2.05) is 0 Å². The number of halogens is 4. The third kappa shape index (κ3) is 3.44. The van der Waals surface area contributed by atoms with Gasteiger partial charge in [-0.2, -0.15) is 23.4 Å². The zero-order valence-corrected chi connectivity index (χ0v) is 12.0. The molecule has 0 atom stereocenters. The van der Waals surface area contributed by atoms with Crippen LogP contribution in [0.15, 0.2) is 12.4 Å². The molecule has 5 nitrogen and oxygen atoms in total. The quantitative estimate of drug-likeness (QED) is 0.947. The minimum atomic E-state index is -4.44. The van der Waals surface area contributed by atoms with E-state index in [-0.39, 0.29) is 24.5 Å². The van der Waals surface area contributed by atoms with Crippen LogP contribution in [0.25, 0.3) is 0 Å². The first-order valence-corrected chi connectivity index (χ1v) is 5.61. The molecule has 2 aromatic heterocycles. The highest BCUT2D eigenvalue weighted by atomic mass is 35.5. The minimum absolute atomic E-state index is 0. The molecule has 2 heterocycles. The van der Waals surface area contributed by atoms with Crippen molar-refractivity contribution in [1.29, 1.82) is 0 Å². The van der Waals surface area contributed by atoms with Crippen LogP contribution in [-0.4, -0.2) is 19.6 Å². The Balaban J connectivity index is 0.00000200. The minimum Gasteiger partial charge on any atom is -0.378 e. The Labute approximate surface area is 120 Å². The van der Waals surface area contributed by atoms with Gasteiger partial charge >= 0.3 is 6.18 Å². The summed E-state index contributed by atoms with van der Waals surface area (Å²) in [6.07, 6.45) is -1.36. The largest absolute Gasteiger partial charge is 0.435 e. The molecule has 0 saturated carbocycles. The summed E-state index contributed by atoms with van der Waals surface area (Å²) in [5.41, 5.74) is 0.696. The Bertz CT molecular complexity index is 587. The maximum Gasteiger partial charge on any atom is 0.435 e. The first-order valence-electron chi connectivity index (χ1n) is 5.61. The predicted octanol–water partition coefficient (Wildman–Crippen LogP) is 2.51. The Morgan fingerprint density at radius 2 is 1.75 bits per heavy atom. The molecule has 1 N–H and O–H groups in total. The van der Waals surface area contributed by atoms with E-state index in [9.17, 15) is 13.2 Å². The average molecular weight is 310 g/mol. The summed E-state index contributed by atoms with van der Waals surface area (Å²) in [4.78, 5) is 0. The number of aromatic nitrogens is 4. The molecule has 0 aliphatic heterocycles. The van der Waals surface area contributed by atoms with Crippen LogP contribution >= 0.6 is 12.4 Å². The number of nitrogens with one attached hydrogen (secondary N) is 1. The number of aryl methyl sites for hydroxylation is 3. The van der Waals surface area contributed by atoms with Crippen molar-refractivity contribution in [3.8, 4) is 0 Å². The van der Waals surface area contributed by atoms with E-state index in [1.54, 1.807) is 24.9 Å². The summed E-state index contributed by atoms with van der Waals surface area (Å²) in [7, 11) is 3.22. The van der Waals surface area contributed by atoms with Crippen LogP contribution in [-0.2, 0) is 26.8 Å². The lowest BCUT2D eigenvalue weighted by Crippen LogP contribution is -2.11. The summed E-state index contributed by atoms with van der Waals surface area (Å²) < 4.78 is 41.0. The molecule has 0 aliphatic rings. The molecule has 0 radical (unpaired) electrons. The third-order valence-electron chi connectivity index (χ3n) is 2.66. The van der Waals surface area contributed by atoms with Crippen molar-refractivity contribution in [3.63, 3.8) is 0 Å². The van der Waals surface area contributed by atoms with Crippen molar-refractivity contribution in [2.75, 3.05) is 5.32 Å². The average Bonchev–Trinajstić information content (AvgIpc) is 2.78. The number of hydrogen-bond donors (Lipinski definition) is 1. The van der Waals surface area contributed by atoms with E-state index < -0.39 is 11.9 Å². The van der Waals surface area contributed by atoms with Gasteiger partial charge in [-0.15, -0.1) is 12.4 Å². The third-order valence-corrected chi connectivity index (χ3v) is 2.66. The van der Waals surface area contributed by atoms with Gasteiger partial charge < -0.3 is 5.32 Å². The molecule has 0 bridgehead atoms. The van der Waals surface area contributed by atoms with Gasteiger partial charge in [0.15, 0.2) is 5.69 Å². The second-order valence-corrected chi connectivity index (χ2v) is 4.33. The maximum atomic E-state index is 12.8. The summed E-state index contributed by atoms with van der Waals surface area (Å²) in [5, 5.41) is 10.5. The van der Waals surface area contributed by atoms with Crippen LogP contribution in [0, 0.1) is 6.92 Å². The molecule has 0 unspecified atom stereocenters. The topological polar surface area (TPSA) is 47.7 Å². The van der Waals surface area contributed by atoms with Gasteiger partial charge in [0, 0.05) is 38.6 Å². The van der Waals surface area contributed by atoms with Crippen LogP contribution in [0.4, 0.5) is 18.9 Å². The zero-order chi connectivity index (χ0) is 14.2. The second-order valence-electron chi connectivity index (χ2n) is 4.33. The molecular formula is C11H15ClF3N5. The smallest absolute Gasteiger partial charge is 0.378 e. The fourth-order valence-corrected chi connectivity index (χ4v) is 1.87. The van der Waals surface area contributed by atoms with E-state index in [1.165, 1.54) is 13.2 Å². The number of rotatable bonds is 3. The van der Waals surface area contributed by atoms with Crippen molar-refractivity contribution in [2.45, 2.75) is 19.6 Å². The second kappa shape index (κ2) is 5.74. The van der Waals surface area contributed by atoms with E-state index in [0.717, 1.165) is 10.4 Å². The summed E-state index contributed by atoms with van der Waals surface area (Å²) in [5.74, 6) is 0. The Kier molecular flexibility index (Phi) is 4.69. The van der Waals surface area contributed by atoms with Gasteiger partial charge in [-0.05, 0) is 6.92 Å². The van der Waals surface area contributed by atoms with Crippen LogP contribution < -0.4 is 5.32 Å². The molecule has 0 spiro atoms. The van der Waals surface area contributed by atoms with Crippen molar-refractivity contribution in [1.82, 2.24) is 19.6 Å². The molecule has 9 heteroatoms. The van der Waals surface area contributed by atoms with E-state index in [4.69, 9.17) is 0 Å². The van der Waals surface area contributed by atoms with Gasteiger partial charge in [0.25, 0.3) is 0 Å². The van der Waals surface area contributed by atoms with Gasteiger partial charge in [-0.25, -0.2) is 0 Å². The standard InChI is InChI=1S/C11H14F3N5.ClH/c1-7-9(6-19(3)16-7)15-4-8-5-18(2)17-10(8)11(12,13)14;/h5-6,15H,4H2,1-3H3;1H. The lowest BCUT2D eigenvalue weighted by molar-refractivity contribution is -0.142. The van der Waals surface area contributed by atoms with Crippen LogP contribution in [0.1, 0.15) is 17.0 Å². The van der Waals surface area contributed by atoms with Gasteiger partial charge in [0.05, 0.1) is 11.4 Å². The Hall–Kier alpha value is -1.70. The van der Waals surface area contributed by atoms with Crippen LogP contribution in [0.3, 0.4) is 0 Å². The number of anilines is 1. The molecule has 0 aliphatic carbocycles. The normalized spacial score (nSPS) is 11.3. The molecule has 112 valence electrons. The van der Waals surface area contributed by atoms with Gasteiger partial charge in [-0.1, -0.05) is 0 Å². The molecule has 2 rings (SSSR count). The zero-order valence-electron chi connectivity index (χ0n) is 11.2. The predicted molar refractivity (Wildman–Crippen MR) is 70.7 cm³/mol. The van der Waals surface area contributed by atoms with E-state index >= 15 is 0 Å². The lowest BCUT2D eigenvalue weighted by atomic mass is 10.2. The van der Waals surface area contributed by atoms with Crippen molar-refractivity contribution >= 4 is 18.1 Å². The molecule has 2 aromatic rings. The fraction of sp³-hybridized carbons (Fsp3) is 0.455. The fourth-order valence-electron chi connectivity index (χ4n) is 1.87. The highest BCUT2D eigenvalue weighted by Gasteiger charge is 2.36. The Morgan fingerprint density at radius 1 is 1.15 bits per heavy atom. The van der Waals surface area contributed by atoms with E-state index in [2.05, 4.69) is 15.5 Å². The van der Waals surface area contributed by atoms with Gasteiger partial charge in [0.2, 0.25) is 0 Å². The van der Waals surface area contributed by atoms with Crippen molar-refractivity contribution in [3.05, 3.63) is 29.3 Å². The molecule has 20 heavy (non-hydrogen) atoms. The molecule has 0 saturated heterocycles. The van der Waals surface area contributed by atoms with E-state index in [0.29, 0.717) is 5.69 Å². The molecule has 0 amide bonds. The number of alkyl halides is 3. The first-order chi connectivity index (χ1) is 8.77. The monoisotopic (exact) mass is 309 g/mol. The van der Waals surface area contributed by atoms with Gasteiger partial charge in [0.1, 0.15) is 0 Å². The van der Waals surface area contributed by atoms with Gasteiger partial charge in [-0.3, -0.25) is 9.36 Å². The summed E-state index contributed by atoms with van der Waals surface area (Å²) in [6.45, 7) is 1.84. The summed E-state index contributed by atoms with van der Waals surface area (Å²) in [6, 6.07) is 0. The molecule has 0 aromatic carbocycles. The number of hydrogen-bond acceptors (Lipinski definition) is 3. The lowest BCUT2D eigenvalue weighted by Gasteiger charge is -2.07. The highest BCUT2D eigenvalue weighted by molar-refractivity contribution is 5.85. The Morgan fingerprint density at radius 3 is 2.25 bits per heavy atom. The number of nitrogens with zero attached hydrogens (tertiary/aromatic N) is 4. The van der Waals surface area contributed by atoms with Crippen molar-refractivity contribution < 1.29 is 13.2 Å².